The summed E-state index contributed by atoms with van der Waals surface area (Å²) in [6.07, 6.45) is 2.50. The largest absolute Gasteiger partial charge is 0.478 e. The lowest BCUT2D eigenvalue weighted by Crippen LogP contribution is -2.27. The first-order chi connectivity index (χ1) is 21.9. The number of ether oxygens (including phenoxy) is 4. The van der Waals surface area contributed by atoms with Crippen molar-refractivity contribution >= 4 is 41.8 Å². The zero-order valence-electron chi connectivity index (χ0n) is 27.0. The molecule has 2 aromatic rings. The molecule has 47 heavy (non-hydrogen) atoms. The molecule has 0 aliphatic heterocycles. The van der Waals surface area contributed by atoms with E-state index in [2.05, 4.69) is 4.98 Å². The highest BCUT2D eigenvalue weighted by atomic mass is 16.6. The van der Waals surface area contributed by atoms with Crippen molar-refractivity contribution in [2.75, 3.05) is 26.4 Å². The number of hydrogen-bond donors (Lipinski definition) is 3. The molecule has 0 radical (unpaired) electrons. The summed E-state index contributed by atoms with van der Waals surface area (Å²) in [5.41, 5.74) is -2.77. The first-order valence-corrected chi connectivity index (χ1v) is 14.4. The second-order valence-electron chi connectivity index (χ2n) is 11.1. The van der Waals surface area contributed by atoms with Crippen LogP contribution in [0.2, 0.25) is 0 Å². The second kappa shape index (κ2) is 18.0. The van der Waals surface area contributed by atoms with Gasteiger partial charge < -0.3 is 34.3 Å². The van der Waals surface area contributed by atoms with Gasteiger partial charge in [0.15, 0.2) is 5.69 Å². The minimum Gasteiger partial charge on any atom is -0.478 e. The topological polar surface area (TPSA) is 230 Å². The Balaban J connectivity index is 0.000000474. The van der Waals surface area contributed by atoms with Gasteiger partial charge >= 0.3 is 41.8 Å². The minimum absolute atomic E-state index is 0.0940. The van der Waals surface area contributed by atoms with E-state index in [1.807, 2.05) is 13.8 Å². The van der Waals surface area contributed by atoms with E-state index in [1.165, 1.54) is 18.3 Å². The number of carbonyl (C=O) groups excluding carboxylic acids is 4. The van der Waals surface area contributed by atoms with Gasteiger partial charge in [-0.3, -0.25) is 9.59 Å². The van der Waals surface area contributed by atoms with E-state index in [0.29, 0.717) is 12.8 Å². The average Bonchev–Trinajstić information content (AvgIpc) is 3.04. The molecular formula is C32H39NO14. The third-order valence-corrected chi connectivity index (χ3v) is 6.92. The Morgan fingerprint density at radius 1 is 0.617 bits per heavy atom. The average molecular weight is 662 g/mol. The van der Waals surface area contributed by atoms with E-state index in [4.69, 9.17) is 34.3 Å². The van der Waals surface area contributed by atoms with Crippen molar-refractivity contribution in [2.24, 2.45) is 10.8 Å². The molecule has 2 rings (SSSR count). The fourth-order valence-corrected chi connectivity index (χ4v) is 3.14. The van der Waals surface area contributed by atoms with Crippen molar-refractivity contribution in [1.29, 1.82) is 0 Å². The Morgan fingerprint density at radius 2 is 1.09 bits per heavy atom. The molecule has 0 atom stereocenters. The Morgan fingerprint density at radius 3 is 1.53 bits per heavy atom. The van der Waals surface area contributed by atoms with Crippen LogP contribution in [0.25, 0.3) is 0 Å². The maximum Gasteiger partial charge on any atom is 0.357 e. The van der Waals surface area contributed by atoms with Crippen LogP contribution in [-0.2, 0) is 28.5 Å². The Hall–Kier alpha value is -5.34. The number of aromatic nitrogens is 1. The van der Waals surface area contributed by atoms with Crippen LogP contribution < -0.4 is 0 Å². The Bertz CT molecular complexity index is 1480. The number of aromatic carboxylic acids is 3. The fourth-order valence-electron chi connectivity index (χ4n) is 3.14. The molecule has 1 aromatic carbocycles. The van der Waals surface area contributed by atoms with Gasteiger partial charge in [-0.1, -0.05) is 13.8 Å². The number of hydrogen-bond acceptors (Lipinski definition) is 12. The maximum atomic E-state index is 12.0. The van der Waals surface area contributed by atoms with E-state index in [9.17, 15) is 33.6 Å². The summed E-state index contributed by atoms with van der Waals surface area (Å²) in [5, 5.41) is 27.0. The summed E-state index contributed by atoms with van der Waals surface area (Å²) in [4.78, 5) is 84.0. The molecule has 0 saturated heterocycles. The standard InChI is InChI=1S/C17H20O8.C15H19NO6/c1-4-17(2,3)16(23)25-8-7-24-15(22)12-9-10(13(18)19)5-6-11(12)14(20)21;1-4-15(2,3)14(20)22-9-8-21-13(19)11-10(12(17)18)6-5-7-16-11/h5-6,9H,4,7-8H2,1-3H3,(H,18,19)(H,20,21);5-7H,4,8-9H2,1-3H3,(H,17,18). The van der Waals surface area contributed by atoms with E-state index < -0.39 is 46.6 Å². The number of carbonyl (C=O) groups is 7. The van der Waals surface area contributed by atoms with E-state index in [-0.39, 0.29) is 60.3 Å². The van der Waals surface area contributed by atoms with Gasteiger partial charge in [0.05, 0.1) is 33.1 Å². The third-order valence-electron chi connectivity index (χ3n) is 6.92. The first-order valence-electron chi connectivity index (χ1n) is 14.4. The Kier molecular flexibility index (Phi) is 15.2. The Labute approximate surface area is 270 Å². The van der Waals surface area contributed by atoms with Gasteiger partial charge in [0.1, 0.15) is 26.4 Å². The quantitative estimate of drug-likeness (QED) is 0.138. The summed E-state index contributed by atoms with van der Waals surface area (Å²) >= 11 is 0. The van der Waals surface area contributed by atoms with Crippen LogP contribution in [0.3, 0.4) is 0 Å². The molecule has 0 amide bonds. The van der Waals surface area contributed by atoms with Crippen LogP contribution in [0.4, 0.5) is 0 Å². The lowest BCUT2D eigenvalue weighted by Gasteiger charge is -2.20. The lowest BCUT2D eigenvalue weighted by molar-refractivity contribution is -0.155. The summed E-state index contributed by atoms with van der Waals surface area (Å²) in [7, 11) is 0. The highest BCUT2D eigenvalue weighted by Crippen LogP contribution is 2.22. The molecule has 0 aliphatic rings. The molecule has 0 bridgehead atoms. The highest BCUT2D eigenvalue weighted by molar-refractivity contribution is 6.04. The summed E-state index contributed by atoms with van der Waals surface area (Å²) in [6, 6.07) is 5.70. The lowest BCUT2D eigenvalue weighted by atomic mass is 9.91. The third kappa shape index (κ3) is 12.2. The van der Waals surface area contributed by atoms with Crippen molar-refractivity contribution in [3.63, 3.8) is 0 Å². The first kappa shape index (κ1) is 39.7. The molecular weight excluding hydrogens is 622 g/mol. The highest BCUT2D eigenvalue weighted by Gasteiger charge is 2.28. The second-order valence-corrected chi connectivity index (χ2v) is 11.1. The van der Waals surface area contributed by atoms with Crippen molar-refractivity contribution in [2.45, 2.75) is 54.4 Å². The molecule has 0 saturated carbocycles. The predicted molar refractivity (Wildman–Crippen MR) is 162 cm³/mol. The van der Waals surface area contributed by atoms with Crippen LogP contribution in [0.5, 0.6) is 0 Å². The molecule has 256 valence electrons. The normalized spacial score (nSPS) is 10.9. The molecule has 15 heteroatoms. The van der Waals surface area contributed by atoms with Gasteiger partial charge in [-0.15, -0.1) is 0 Å². The monoisotopic (exact) mass is 661 g/mol. The number of nitrogens with zero attached hydrogens (tertiary/aromatic N) is 1. The number of esters is 4. The van der Waals surface area contributed by atoms with Crippen LogP contribution in [-0.4, -0.2) is 88.5 Å². The number of carboxylic acids is 3. The SMILES string of the molecule is CCC(C)(C)C(=O)OCCOC(=O)c1cc(C(=O)O)ccc1C(=O)O.CCC(C)(C)C(=O)OCCOC(=O)c1ncccc1C(=O)O. The van der Waals surface area contributed by atoms with Crippen LogP contribution in [0, 0.1) is 10.8 Å². The van der Waals surface area contributed by atoms with Crippen molar-refractivity contribution in [3.05, 3.63) is 64.5 Å². The van der Waals surface area contributed by atoms with Crippen LogP contribution >= 0.6 is 0 Å². The molecule has 15 nitrogen and oxygen atoms in total. The summed E-state index contributed by atoms with van der Waals surface area (Å²) in [6.45, 7) is 9.94. The molecule has 0 fully saturated rings. The van der Waals surface area contributed by atoms with E-state index in [0.717, 1.165) is 18.2 Å². The zero-order valence-corrected chi connectivity index (χ0v) is 27.0. The van der Waals surface area contributed by atoms with Gasteiger partial charge in [0.25, 0.3) is 0 Å². The summed E-state index contributed by atoms with van der Waals surface area (Å²) in [5.74, 6) is -6.66. The number of pyridine rings is 1. The van der Waals surface area contributed by atoms with Gasteiger partial charge in [-0.05, 0) is 70.9 Å². The number of rotatable bonds is 15. The molecule has 0 aliphatic carbocycles. The van der Waals surface area contributed by atoms with E-state index >= 15 is 0 Å². The van der Waals surface area contributed by atoms with Gasteiger partial charge in [-0.25, -0.2) is 29.0 Å². The van der Waals surface area contributed by atoms with Crippen LogP contribution in [0.1, 0.15) is 106 Å². The van der Waals surface area contributed by atoms with Gasteiger partial charge in [0, 0.05) is 6.20 Å². The predicted octanol–water partition coefficient (Wildman–Crippen LogP) is 4.14. The summed E-state index contributed by atoms with van der Waals surface area (Å²) < 4.78 is 19.8. The van der Waals surface area contributed by atoms with Crippen molar-refractivity contribution < 1.29 is 67.8 Å². The van der Waals surface area contributed by atoms with Crippen LogP contribution in [0.15, 0.2) is 36.5 Å². The number of carboxylic acid groups (broad SMARTS) is 3. The molecule has 3 N–H and O–H groups in total. The molecule has 1 heterocycles. The maximum absolute atomic E-state index is 12.0. The minimum atomic E-state index is -1.39. The van der Waals surface area contributed by atoms with Crippen molar-refractivity contribution in [3.8, 4) is 0 Å². The van der Waals surface area contributed by atoms with E-state index in [1.54, 1.807) is 27.7 Å². The molecule has 0 unspecified atom stereocenters. The molecule has 1 aromatic heterocycles. The zero-order chi connectivity index (χ0) is 35.9. The van der Waals surface area contributed by atoms with Gasteiger partial charge in [-0.2, -0.15) is 0 Å². The fraction of sp³-hybridized carbons (Fsp3) is 0.438. The smallest absolute Gasteiger partial charge is 0.357 e. The number of benzene rings is 1. The van der Waals surface area contributed by atoms with Gasteiger partial charge in [0.2, 0.25) is 0 Å². The van der Waals surface area contributed by atoms with Crippen molar-refractivity contribution in [1.82, 2.24) is 4.98 Å². The molecule has 0 spiro atoms.